The molecule has 2 N–H and O–H groups in total. The lowest BCUT2D eigenvalue weighted by molar-refractivity contribution is 0.0959. The molecule has 18 heavy (non-hydrogen) atoms. The summed E-state index contributed by atoms with van der Waals surface area (Å²) in [6.45, 7) is 0.250. The minimum absolute atomic E-state index is 0.0796. The van der Waals surface area contributed by atoms with Gasteiger partial charge in [-0.15, -0.1) is 5.10 Å². The monoisotopic (exact) mass is 247 g/mol. The Morgan fingerprint density at radius 2 is 2.44 bits per heavy atom. The molecule has 3 rings (SSSR count). The number of amides is 2. The molecule has 8 nitrogen and oxygen atoms in total. The summed E-state index contributed by atoms with van der Waals surface area (Å²) in [6.07, 6.45) is 1.44. The number of aromatic nitrogens is 3. The SMILES string of the molecule is CNC(=O)c1nnn2c1NC(=O)c1ccoc1C2. The quantitative estimate of drug-likeness (QED) is 0.729. The minimum atomic E-state index is -0.407. The van der Waals surface area contributed by atoms with Crippen molar-refractivity contribution in [3.05, 3.63) is 29.3 Å². The minimum Gasteiger partial charge on any atom is -0.467 e. The van der Waals surface area contributed by atoms with Crippen molar-refractivity contribution < 1.29 is 14.0 Å². The molecule has 0 radical (unpaired) electrons. The van der Waals surface area contributed by atoms with Gasteiger partial charge >= 0.3 is 0 Å². The van der Waals surface area contributed by atoms with Crippen LogP contribution in [-0.4, -0.2) is 33.9 Å². The lowest BCUT2D eigenvalue weighted by atomic mass is 10.2. The van der Waals surface area contributed by atoms with Crippen LogP contribution >= 0.6 is 0 Å². The van der Waals surface area contributed by atoms with Crippen LogP contribution in [0.2, 0.25) is 0 Å². The topological polar surface area (TPSA) is 102 Å². The van der Waals surface area contributed by atoms with Crippen LogP contribution in [0, 0.1) is 0 Å². The van der Waals surface area contributed by atoms with Gasteiger partial charge in [-0.2, -0.15) is 0 Å². The van der Waals surface area contributed by atoms with E-state index >= 15 is 0 Å². The fourth-order valence-corrected chi connectivity index (χ4v) is 1.80. The summed E-state index contributed by atoms with van der Waals surface area (Å²) in [5.41, 5.74) is 0.513. The van der Waals surface area contributed by atoms with Crippen molar-refractivity contribution in [2.45, 2.75) is 6.54 Å². The Labute approximate surface area is 101 Å². The first-order valence-corrected chi connectivity index (χ1v) is 5.24. The molecule has 0 aromatic carbocycles. The summed E-state index contributed by atoms with van der Waals surface area (Å²) in [5.74, 6) is 0.00498. The molecule has 0 atom stereocenters. The zero-order valence-electron chi connectivity index (χ0n) is 9.43. The van der Waals surface area contributed by atoms with E-state index in [1.807, 2.05) is 0 Å². The van der Waals surface area contributed by atoms with E-state index in [4.69, 9.17) is 4.42 Å². The third-order valence-corrected chi connectivity index (χ3v) is 2.69. The van der Waals surface area contributed by atoms with Crippen LogP contribution in [0.4, 0.5) is 5.82 Å². The molecule has 0 unspecified atom stereocenters. The van der Waals surface area contributed by atoms with Crippen LogP contribution in [0.1, 0.15) is 26.6 Å². The number of furan rings is 1. The van der Waals surface area contributed by atoms with Gasteiger partial charge in [-0.05, 0) is 6.07 Å². The van der Waals surface area contributed by atoms with Crippen molar-refractivity contribution in [2.75, 3.05) is 12.4 Å². The number of hydrogen-bond donors (Lipinski definition) is 2. The molecule has 2 aromatic heterocycles. The number of rotatable bonds is 1. The summed E-state index contributed by atoms with van der Waals surface area (Å²) < 4.78 is 6.62. The number of nitrogens with one attached hydrogen (secondary N) is 2. The van der Waals surface area contributed by atoms with Gasteiger partial charge in [0.1, 0.15) is 12.3 Å². The fraction of sp³-hybridized carbons (Fsp3) is 0.200. The van der Waals surface area contributed by atoms with E-state index in [2.05, 4.69) is 20.9 Å². The lowest BCUT2D eigenvalue weighted by Crippen LogP contribution is -2.21. The van der Waals surface area contributed by atoms with Gasteiger partial charge in [-0.25, -0.2) is 4.68 Å². The molecular weight excluding hydrogens is 238 g/mol. The molecule has 1 aliphatic rings. The Morgan fingerprint density at radius 3 is 3.22 bits per heavy atom. The van der Waals surface area contributed by atoms with Crippen LogP contribution in [0.25, 0.3) is 0 Å². The van der Waals surface area contributed by atoms with Gasteiger partial charge in [0.15, 0.2) is 11.5 Å². The molecule has 0 bridgehead atoms. The van der Waals surface area contributed by atoms with Crippen molar-refractivity contribution >= 4 is 17.6 Å². The van der Waals surface area contributed by atoms with Crippen LogP contribution in [0.5, 0.6) is 0 Å². The lowest BCUT2D eigenvalue weighted by Gasteiger charge is -2.03. The largest absolute Gasteiger partial charge is 0.467 e. The molecule has 92 valence electrons. The Kier molecular flexibility index (Phi) is 2.15. The van der Waals surface area contributed by atoms with E-state index in [1.54, 1.807) is 6.07 Å². The predicted molar refractivity (Wildman–Crippen MR) is 59.2 cm³/mol. The van der Waals surface area contributed by atoms with Crippen LogP contribution in [0.15, 0.2) is 16.7 Å². The first-order chi connectivity index (χ1) is 8.70. The summed E-state index contributed by atoms with van der Waals surface area (Å²) in [4.78, 5) is 23.5. The average molecular weight is 247 g/mol. The molecule has 3 heterocycles. The van der Waals surface area contributed by atoms with Gasteiger partial charge in [0.25, 0.3) is 11.8 Å². The molecule has 2 aromatic rings. The third-order valence-electron chi connectivity index (χ3n) is 2.69. The predicted octanol–water partition coefficient (Wildman–Crippen LogP) is -0.155. The Bertz CT molecular complexity index is 642. The zero-order valence-corrected chi connectivity index (χ0v) is 9.43. The number of anilines is 1. The average Bonchev–Trinajstić information content (AvgIpc) is 2.95. The maximum Gasteiger partial charge on any atom is 0.275 e. The van der Waals surface area contributed by atoms with E-state index in [0.717, 1.165) is 0 Å². The van der Waals surface area contributed by atoms with Crippen molar-refractivity contribution in [1.29, 1.82) is 0 Å². The van der Waals surface area contributed by atoms with Crippen molar-refractivity contribution in [3.8, 4) is 0 Å². The highest BCUT2D eigenvalue weighted by Gasteiger charge is 2.27. The van der Waals surface area contributed by atoms with Crippen molar-refractivity contribution in [2.24, 2.45) is 0 Å². The zero-order chi connectivity index (χ0) is 12.7. The van der Waals surface area contributed by atoms with Crippen LogP contribution in [0.3, 0.4) is 0 Å². The van der Waals surface area contributed by atoms with E-state index in [9.17, 15) is 9.59 Å². The Balaban J connectivity index is 2.10. The van der Waals surface area contributed by atoms with Gasteiger partial charge < -0.3 is 15.1 Å². The second kappa shape index (κ2) is 3.69. The summed E-state index contributed by atoms with van der Waals surface area (Å²) in [5, 5.41) is 12.6. The Morgan fingerprint density at radius 1 is 1.61 bits per heavy atom. The van der Waals surface area contributed by atoms with E-state index in [0.29, 0.717) is 11.3 Å². The second-order valence-electron chi connectivity index (χ2n) is 3.74. The molecular formula is C10H9N5O3. The fourth-order valence-electron chi connectivity index (χ4n) is 1.80. The first kappa shape index (κ1) is 10.5. The summed E-state index contributed by atoms with van der Waals surface area (Å²) in [7, 11) is 1.48. The highest BCUT2D eigenvalue weighted by atomic mass is 16.3. The molecule has 0 fully saturated rings. The molecule has 2 amide bonds. The molecule has 0 spiro atoms. The highest BCUT2D eigenvalue weighted by molar-refractivity contribution is 6.08. The molecule has 8 heteroatoms. The van der Waals surface area contributed by atoms with Crippen LogP contribution < -0.4 is 10.6 Å². The molecule has 1 aliphatic heterocycles. The van der Waals surface area contributed by atoms with Gasteiger partial charge in [-0.1, -0.05) is 5.21 Å². The van der Waals surface area contributed by atoms with E-state index < -0.39 is 5.91 Å². The van der Waals surface area contributed by atoms with Crippen molar-refractivity contribution in [3.63, 3.8) is 0 Å². The smallest absolute Gasteiger partial charge is 0.275 e. The normalized spacial score (nSPS) is 13.3. The second-order valence-corrected chi connectivity index (χ2v) is 3.74. The standard InChI is InChI=1S/C10H9N5O3/c1-11-10(17)7-8-12-9(16)5-2-3-18-6(5)4-15(8)14-13-7/h2-3H,4H2,1H3,(H,11,17)(H,12,16). The van der Waals surface area contributed by atoms with Gasteiger partial charge in [0, 0.05) is 7.05 Å². The maximum atomic E-state index is 11.9. The summed E-state index contributed by atoms with van der Waals surface area (Å²) in [6, 6.07) is 1.57. The van der Waals surface area contributed by atoms with Crippen LogP contribution in [-0.2, 0) is 6.54 Å². The highest BCUT2D eigenvalue weighted by Crippen LogP contribution is 2.22. The van der Waals surface area contributed by atoms with E-state index in [-0.39, 0.29) is 24.0 Å². The van der Waals surface area contributed by atoms with Gasteiger partial charge in [-0.3, -0.25) is 9.59 Å². The number of fused-ring (bicyclic) bond motifs is 2. The number of nitrogens with zero attached hydrogens (tertiary/aromatic N) is 3. The van der Waals surface area contributed by atoms with E-state index in [1.165, 1.54) is 18.0 Å². The number of hydrogen-bond acceptors (Lipinski definition) is 5. The number of carbonyl (C=O) groups is 2. The number of carbonyl (C=O) groups excluding carboxylic acids is 2. The van der Waals surface area contributed by atoms with Crippen molar-refractivity contribution in [1.82, 2.24) is 20.3 Å². The molecule has 0 aliphatic carbocycles. The van der Waals surface area contributed by atoms with Gasteiger partial charge in [0.05, 0.1) is 11.8 Å². The Hall–Kier alpha value is -2.64. The third kappa shape index (κ3) is 1.39. The summed E-state index contributed by atoms with van der Waals surface area (Å²) >= 11 is 0. The van der Waals surface area contributed by atoms with Gasteiger partial charge in [0.2, 0.25) is 0 Å². The molecule has 0 saturated carbocycles. The maximum absolute atomic E-state index is 11.9. The first-order valence-electron chi connectivity index (χ1n) is 5.24. The molecule has 0 saturated heterocycles.